The zero-order valence-electron chi connectivity index (χ0n) is 13.3. The molecule has 1 aliphatic heterocycles. The van der Waals surface area contributed by atoms with E-state index in [1.54, 1.807) is 0 Å². The molecule has 1 aromatic rings. The molecule has 116 valence electrons. The summed E-state index contributed by atoms with van der Waals surface area (Å²) in [7, 11) is 0. The zero-order chi connectivity index (χ0) is 14.4. The van der Waals surface area contributed by atoms with Crippen LogP contribution in [0.1, 0.15) is 50.5 Å². The number of aryl methyl sites for hydroxylation is 1. The van der Waals surface area contributed by atoms with E-state index < -0.39 is 0 Å². The fraction of sp³-hybridized carbons (Fsp3) is 0.684. The van der Waals surface area contributed by atoms with Crippen molar-refractivity contribution < 1.29 is 0 Å². The van der Waals surface area contributed by atoms with Gasteiger partial charge in [0.25, 0.3) is 0 Å². The molecule has 1 spiro atoms. The lowest BCUT2D eigenvalue weighted by Crippen LogP contribution is -2.52. The van der Waals surface area contributed by atoms with Gasteiger partial charge >= 0.3 is 0 Å². The maximum absolute atomic E-state index is 3.89. The minimum absolute atomic E-state index is 0.446. The van der Waals surface area contributed by atoms with Gasteiger partial charge in [0.15, 0.2) is 0 Å². The summed E-state index contributed by atoms with van der Waals surface area (Å²) >= 11 is 0. The number of benzene rings is 1. The van der Waals surface area contributed by atoms with Crippen LogP contribution in [0.3, 0.4) is 0 Å². The molecule has 1 saturated heterocycles. The summed E-state index contributed by atoms with van der Waals surface area (Å²) in [5, 5.41) is 3.89. The highest BCUT2D eigenvalue weighted by Gasteiger charge is 2.34. The van der Waals surface area contributed by atoms with Crippen molar-refractivity contribution in [1.82, 2.24) is 10.2 Å². The second-order valence-corrected chi connectivity index (χ2v) is 6.99. The average molecular weight is 286 g/mol. The van der Waals surface area contributed by atoms with Crippen molar-refractivity contribution in [3.63, 3.8) is 0 Å². The van der Waals surface area contributed by atoms with Crippen LogP contribution in [0.2, 0.25) is 0 Å². The Morgan fingerprint density at radius 2 is 1.81 bits per heavy atom. The van der Waals surface area contributed by atoms with Gasteiger partial charge in [0, 0.05) is 12.1 Å². The number of hydrogen-bond donors (Lipinski definition) is 1. The maximum atomic E-state index is 3.89. The zero-order valence-corrected chi connectivity index (χ0v) is 13.3. The van der Waals surface area contributed by atoms with E-state index in [1.165, 1.54) is 83.1 Å². The lowest BCUT2D eigenvalue weighted by atomic mass is 9.81. The largest absolute Gasteiger partial charge is 0.310 e. The normalized spacial score (nSPS) is 23.0. The standard InChI is InChI=1S/C19H30N2/c1-3-9-18(10-4-1)11-7-15-21-16-8-14-20-19(17-21)12-5-2-6-13-19/h1,3-4,9-10,20H,2,5-8,11-17H2. The molecular formula is C19H30N2. The Labute approximate surface area is 129 Å². The van der Waals surface area contributed by atoms with Crippen LogP contribution in [-0.2, 0) is 6.42 Å². The Bertz CT molecular complexity index is 409. The smallest absolute Gasteiger partial charge is 0.0308 e. The Morgan fingerprint density at radius 1 is 1.00 bits per heavy atom. The van der Waals surface area contributed by atoms with Crippen LogP contribution in [0.15, 0.2) is 30.3 Å². The minimum Gasteiger partial charge on any atom is -0.310 e. The van der Waals surface area contributed by atoms with Crippen molar-refractivity contribution in [3.05, 3.63) is 35.9 Å². The van der Waals surface area contributed by atoms with Gasteiger partial charge < -0.3 is 10.2 Å². The van der Waals surface area contributed by atoms with Crippen LogP contribution in [0, 0.1) is 0 Å². The van der Waals surface area contributed by atoms with Crippen molar-refractivity contribution in [1.29, 1.82) is 0 Å². The first-order chi connectivity index (χ1) is 10.4. The van der Waals surface area contributed by atoms with Gasteiger partial charge in [-0.2, -0.15) is 0 Å². The SMILES string of the molecule is c1ccc(CCCN2CCCNC3(CCCCC3)C2)cc1. The molecule has 0 unspecified atom stereocenters. The molecule has 0 amide bonds. The van der Waals surface area contributed by atoms with Crippen LogP contribution in [0.5, 0.6) is 0 Å². The molecule has 1 aliphatic carbocycles. The second-order valence-electron chi connectivity index (χ2n) is 6.99. The average Bonchev–Trinajstić information content (AvgIpc) is 2.72. The van der Waals surface area contributed by atoms with E-state index in [-0.39, 0.29) is 0 Å². The van der Waals surface area contributed by atoms with Crippen LogP contribution in [-0.4, -0.2) is 36.6 Å². The minimum atomic E-state index is 0.446. The molecule has 21 heavy (non-hydrogen) atoms. The Morgan fingerprint density at radius 3 is 2.62 bits per heavy atom. The molecule has 1 saturated carbocycles. The lowest BCUT2D eigenvalue weighted by molar-refractivity contribution is 0.163. The molecule has 1 aromatic carbocycles. The Kier molecular flexibility index (Phi) is 5.32. The van der Waals surface area contributed by atoms with E-state index in [0.717, 1.165) is 0 Å². The molecule has 0 radical (unpaired) electrons. The first kappa shape index (κ1) is 15.1. The van der Waals surface area contributed by atoms with Gasteiger partial charge in [-0.3, -0.25) is 0 Å². The van der Waals surface area contributed by atoms with E-state index in [0.29, 0.717) is 5.54 Å². The highest BCUT2D eigenvalue weighted by Crippen LogP contribution is 2.30. The van der Waals surface area contributed by atoms with Crippen molar-refractivity contribution >= 4 is 0 Å². The molecule has 2 nitrogen and oxygen atoms in total. The van der Waals surface area contributed by atoms with Crippen LogP contribution >= 0.6 is 0 Å². The van der Waals surface area contributed by atoms with Crippen molar-refractivity contribution in [2.45, 2.75) is 56.9 Å². The summed E-state index contributed by atoms with van der Waals surface area (Å²) in [6.45, 7) is 5.04. The van der Waals surface area contributed by atoms with Gasteiger partial charge in [-0.25, -0.2) is 0 Å². The van der Waals surface area contributed by atoms with Gasteiger partial charge in [0.1, 0.15) is 0 Å². The van der Waals surface area contributed by atoms with Gasteiger partial charge in [0.2, 0.25) is 0 Å². The summed E-state index contributed by atoms with van der Waals surface area (Å²) in [6.07, 6.45) is 10.9. The molecule has 1 heterocycles. The van der Waals surface area contributed by atoms with E-state index in [4.69, 9.17) is 0 Å². The van der Waals surface area contributed by atoms with Crippen molar-refractivity contribution in [3.8, 4) is 0 Å². The molecule has 2 aliphatic rings. The van der Waals surface area contributed by atoms with Crippen LogP contribution in [0.25, 0.3) is 0 Å². The summed E-state index contributed by atoms with van der Waals surface area (Å²) < 4.78 is 0. The monoisotopic (exact) mass is 286 g/mol. The highest BCUT2D eigenvalue weighted by atomic mass is 15.2. The van der Waals surface area contributed by atoms with Crippen LogP contribution in [0.4, 0.5) is 0 Å². The van der Waals surface area contributed by atoms with Gasteiger partial charge in [-0.05, 0) is 57.3 Å². The Balaban J connectivity index is 1.50. The third-order valence-corrected chi connectivity index (χ3v) is 5.27. The molecule has 0 aromatic heterocycles. The molecule has 0 atom stereocenters. The lowest BCUT2D eigenvalue weighted by Gasteiger charge is -2.40. The molecule has 1 N–H and O–H groups in total. The first-order valence-electron chi connectivity index (χ1n) is 8.88. The molecule has 2 fully saturated rings. The number of nitrogens with zero attached hydrogens (tertiary/aromatic N) is 1. The predicted octanol–water partition coefficient (Wildman–Crippen LogP) is 3.62. The predicted molar refractivity (Wildman–Crippen MR) is 89.6 cm³/mol. The number of nitrogens with one attached hydrogen (secondary N) is 1. The fourth-order valence-corrected chi connectivity index (χ4v) is 4.12. The topological polar surface area (TPSA) is 15.3 Å². The summed E-state index contributed by atoms with van der Waals surface area (Å²) in [6, 6.07) is 10.9. The van der Waals surface area contributed by atoms with Gasteiger partial charge in [-0.1, -0.05) is 49.6 Å². The maximum Gasteiger partial charge on any atom is 0.0308 e. The number of rotatable bonds is 4. The molecule has 0 bridgehead atoms. The van der Waals surface area contributed by atoms with Gasteiger partial charge in [0.05, 0.1) is 0 Å². The molecular weight excluding hydrogens is 256 g/mol. The summed E-state index contributed by atoms with van der Waals surface area (Å²) in [4.78, 5) is 2.73. The fourth-order valence-electron chi connectivity index (χ4n) is 4.12. The van der Waals surface area contributed by atoms with Gasteiger partial charge in [-0.15, -0.1) is 0 Å². The van der Waals surface area contributed by atoms with Crippen molar-refractivity contribution in [2.75, 3.05) is 26.2 Å². The van der Waals surface area contributed by atoms with Crippen LogP contribution < -0.4 is 5.32 Å². The summed E-state index contributed by atoms with van der Waals surface area (Å²) in [5.74, 6) is 0. The van der Waals surface area contributed by atoms with E-state index in [2.05, 4.69) is 40.5 Å². The van der Waals surface area contributed by atoms with E-state index in [1.807, 2.05) is 0 Å². The molecule has 2 heteroatoms. The summed E-state index contributed by atoms with van der Waals surface area (Å²) in [5.41, 5.74) is 1.93. The second kappa shape index (κ2) is 7.42. The third kappa shape index (κ3) is 4.31. The molecule has 3 rings (SSSR count). The quantitative estimate of drug-likeness (QED) is 0.909. The van der Waals surface area contributed by atoms with Crippen molar-refractivity contribution in [2.24, 2.45) is 0 Å². The Hall–Kier alpha value is -0.860. The van der Waals surface area contributed by atoms with E-state index in [9.17, 15) is 0 Å². The third-order valence-electron chi connectivity index (χ3n) is 5.27. The highest BCUT2D eigenvalue weighted by molar-refractivity contribution is 5.14. The number of hydrogen-bond acceptors (Lipinski definition) is 2. The first-order valence-corrected chi connectivity index (χ1v) is 8.88. The van der Waals surface area contributed by atoms with E-state index >= 15 is 0 Å².